The van der Waals surface area contributed by atoms with E-state index in [9.17, 15) is 9.59 Å². The minimum Gasteiger partial charge on any atom is -0.484 e. The van der Waals surface area contributed by atoms with Crippen LogP contribution >= 0.6 is 11.6 Å². The molecule has 124 valence electrons. The summed E-state index contributed by atoms with van der Waals surface area (Å²) in [4.78, 5) is 25.8. The smallest absolute Gasteiger partial charge is 0.258 e. The summed E-state index contributed by atoms with van der Waals surface area (Å²) in [7, 11) is 0. The van der Waals surface area contributed by atoms with Crippen LogP contribution in [0.1, 0.15) is 6.42 Å². The van der Waals surface area contributed by atoms with Crippen molar-refractivity contribution in [2.24, 2.45) is 0 Å². The second kappa shape index (κ2) is 7.36. The van der Waals surface area contributed by atoms with E-state index < -0.39 is 0 Å². The minimum absolute atomic E-state index is 0.0217. The lowest BCUT2D eigenvalue weighted by Gasteiger charge is -2.17. The molecule has 0 saturated carbocycles. The summed E-state index contributed by atoms with van der Waals surface area (Å²) in [6.07, 6.45) is 0.277. The summed E-state index contributed by atoms with van der Waals surface area (Å²) < 4.78 is 5.40. The zero-order valence-corrected chi connectivity index (χ0v) is 13.7. The first-order valence-corrected chi connectivity index (χ1v) is 8.03. The molecule has 0 unspecified atom stereocenters. The van der Waals surface area contributed by atoms with E-state index in [1.54, 1.807) is 41.3 Å². The summed E-state index contributed by atoms with van der Waals surface area (Å²) in [6.45, 7) is 0.368. The van der Waals surface area contributed by atoms with Gasteiger partial charge in [0.2, 0.25) is 5.91 Å². The predicted molar refractivity (Wildman–Crippen MR) is 92.3 cm³/mol. The van der Waals surface area contributed by atoms with Gasteiger partial charge in [-0.1, -0.05) is 29.8 Å². The molecule has 1 saturated heterocycles. The Balaban J connectivity index is 1.52. The van der Waals surface area contributed by atoms with Crippen molar-refractivity contribution in [1.82, 2.24) is 5.32 Å². The maximum absolute atomic E-state index is 12.1. The number of nitrogens with zero attached hydrogens (tertiary/aromatic N) is 1. The normalized spacial score (nSPS) is 17.0. The van der Waals surface area contributed by atoms with Crippen molar-refractivity contribution in [2.45, 2.75) is 12.5 Å². The Labute approximate surface area is 145 Å². The zero-order chi connectivity index (χ0) is 16.9. The highest BCUT2D eigenvalue weighted by Crippen LogP contribution is 2.23. The SMILES string of the molecule is O=C(COc1ccccc1)N[C@@H]1CC(=O)N(c2ccc(Cl)cc2)C1. The number of benzene rings is 2. The molecule has 1 N–H and O–H groups in total. The van der Waals surface area contributed by atoms with Gasteiger partial charge in [-0.05, 0) is 36.4 Å². The lowest BCUT2D eigenvalue weighted by atomic mass is 10.2. The Morgan fingerprint density at radius 2 is 1.88 bits per heavy atom. The van der Waals surface area contributed by atoms with Crippen LogP contribution in [0.25, 0.3) is 0 Å². The van der Waals surface area contributed by atoms with Crippen molar-refractivity contribution in [3.63, 3.8) is 0 Å². The van der Waals surface area contributed by atoms with Gasteiger partial charge < -0.3 is 15.0 Å². The number of ether oxygens (including phenoxy) is 1. The van der Waals surface area contributed by atoms with Gasteiger partial charge in [0.25, 0.3) is 5.91 Å². The fraction of sp³-hybridized carbons (Fsp3) is 0.222. The number of carbonyl (C=O) groups excluding carboxylic acids is 2. The Morgan fingerprint density at radius 3 is 2.58 bits per heavy atom. The molecule has 1 heterocycles. The van der Waals surface area contributed by atoms with E-state index in [1.807, 2.05) is 18.2 Å². The minimum atomic E-state index is -0.241. The Morgan fingerprint density at radius 1 is 1.17 bits per heavy atom. The summed E-state index contributed by atoms with van der Waals surface area (Å²) in [5.41, 5.74) is 0.779. The number of nitrogens with one attached hydrogen (secondary N) is 1. The molecule has 0 aromatic heterocycles. The average molecular weight is 345 g/mol. The third kappa shape index (κ3) is 4.06. The summed E-state index contributed by atoms with van der Waals surface area (Å²) in [5.74, 6) is 0.374. The van der Waals surface area contributed by atoms with Crippen molar-refractivity contribution >= 4 is 29.1 Å². The molecule has 0 spiro atoms. The summed E-state index contributed by atoms with van der Waals surface area (Å²) >= 11 is 5.86. The monoisotopic (exact) mass is 344 g/mol. The van der Waals surface area contributed by atoms with Gasteiger partial charge in [-0.15, -0.1) is 0 Å². The topological polar surface area (TPSA) is 58.6 Å². The molecular formula is C18H17ClN2O3. The molecule has 1 fully saturated rings. The average Bonchev–Trinajstić information content (AvgIpc) is 2.95. The van der Waals surface area contributed by atoms with E-state index in [0.717, 1.165) is 5.69 Å². The molecule has 1 atom stereocenters. The van der Waals surface area contributed by atoms with Crippen molar-refractivity contribution < 1.29 is 14.3 Å². The maximum atomic E-state index is 12.1. The van der Waals surface area contributed by atoms with Gasteiger partial charge in [0.1, 0.15) is 5.75 Å². The van der Waals surface area contributed by atoms with E-state index in [1.165, 1.54) is 0 Å². The molecule has 2 aromatic rings. The van der Waals surface area contributed by atoms with Crippen LogP contribution in [-0.2, 0) is 9.59 Å². The number of hydrogen-bond donors (Lipinski definition) is 1. The first-order chi connectivity index (χ1) is 11.6. The van der Waals surface area contributed by atoms with Gasteiger partial charge in [-0.3, -0.25) is 9.59 Å². The number of carbonyl (C=O) groups is 2. The van der Waals surface area contributed by atoms with Crippen molar-refractivity contribution in [2.75, 3.05) is 18.1 Å². The zero-order valence-electron chi connectivity index (χ0n) is 12.9. The number of hydrogen-bond acceptors (Lipinski definition) is 3. The second-order valence-corrected chi connectivity index (χ2v) is 5.99. The molecule has 0 bridgehead atoms. The molecule has 2 amide bonds. The summed E-state index contributed by atoms with van der Waals surface area (Å²) in [5, 5.41) is 3.46. The van der Waals surface area contributed by atoms with Crippen LogP contribution in [0.15, 0.2) is 54.6 Å². The first-order valence-electron chi connectivity index (χ1n) is 7.65. The molecule has 1 aliphatic rings. The van der Waals surface area contributed by atoms with Crippen molar-refractivity contribution in [3.05, 3.63) is 59.6 Å². The molecular weight excluding hydrogens is 328 g/mol. The third-order valence-corrected chi connectivity index (χ3v) is 3.99. The first kappa shape index (κ1) is 16.3. The molecule has 0 radical (unpaired) electrons. The number of halogens is 1. The van der Waals surface area contributed by atoms with Gasteiger partial charge in [-0.2, -0.15) is 0 Å². The second-order valence-electron chi connectivity index (χ2n) is 5.55. The van der Waals surface area contributed by atoms with Crippen molar-refractivity contribution in [3.8, 4) is 5.75 Å². The fourth-order valence-corrected chi connectivity index (χ4v) is 2.74. The van der Waals surface area contributed by atoms with E-state index in [-0.39, 0.29) is 30.9 Å². The van der Waals surface area contributed by atoms with Crippen LogP contribution in [-0.4, -0.2) is 31.0 Å². The molecule has 2 aromatic carbocycles. The van der Waals surface area contributed by atoms with Gasteiger partial charge in [0, 0.05) is 23.7 Å². The number of anilines is 1. The highest BCUT2D eigenvalue weighted by molar-refractivity contribution is 6.30. The highest BCUT2D eigenvalue weighted by atomic mass is 35.5. The highest BCUT2D eigenvalue weighted by Gasteiger charge is 2.31. The van der Waals surface area contributed by atoms with Crippen LogP contribution < -0.4 is 15.0 Å². The Hall–Kier alpha value is -2.53. The van der Waals surface area contributed by atoms with Crippen molar-refractivity contribution in [1.29, 1.82) is 0 Å². The van der Waals surface area contributed by atoms with Crippen LogP contribution in [0.2, 0.25) is 5.02 Å². The lowest BCUT2D eigenvalue weighted by Crippen LogP contribution is -2.39. The van der Waals surface area contributed by atoms with E-state index in [0.29, 0.717) is 17.3 Å². The summed E-state index contributed by atoms with van der Waals surface area (Å²) in [6, 6.07) is 16.0. The van der Waals surface area contributed by atoms with E-state index >= 15 is 0 Å². The Kier molecular flexibility index (Phi) is 5.01. The molecule has 0 aliphatic carbocycles. The van der Waals surface area contributed by atoms with Crippen LogP contribution in [0.4, 0.5) is 5.69 Å². The molecule has 3 rings (SSSR count). The van der Waals surface area contributed by atoms with Gasteiger partial charge >= 0.3 is 0 Å². The van der Waals surface area contributed by atoms with Gasteiger partial charge in [0.05, 0.1) is 6.04 Å². The van der Waals surface area contributed by atoms with Crippen LogP contribution in [0, 0.1) is 0 Å². The number of amides is 2. The molecule has 6 heteroatoms. The standard InChI is InChI=1S/C18H17ClN2O3/c19-13-6-8-15(9-7-13)21-11-14(10-18(21)23)20-17(22)12-24-16-4-2-1-3-5-16/h1-9,14H,10-12H2,(H,20,22)/t14-/m1/s1. The fourth-order valence-electron chi connectivity index (χ4n) is 2.61. The van der Waals surface area contributed by atoms with Crippen LogP contribution in [0.5, 0.6) is 5.75 Å². The largest absolute Gasteiger partial charge is 0.484 e. The number of rotatable bonds is 5. The lowest BCUT2D eigenvalue weighted by molar-refractivity contribution is -0.123. The van der Waals surface area contributed by atoms with Gasteiger partial charge in [-0.25, -0.2) is 0 Å². The van der Waals surface area contributed by atoms with Crippen LogP contribution in [0.3, 0.4) is 0 Å². The number of para-hydroxylation sites is 1. The quantitative estimate of drug-likeness (QED) is 0.907. The predicted octanol–water partition coefficient (Wildman–Crippen LogP) is 2.64. The molecule has 5 nitrogen and oxygen atoms in total. The maximum Gasteiger partial charge on any atom is 0.258 e. The molecule has 1 aliphatic heterocycles. The van der Waals surface area contributed by atoms with E-state index in [4.69, 9.17) is 16.3 Å². The Bertz CT molecular complexity index is 719. The molecule has 24 heavy (non-hydrogen) atoms. The van der Waals surface area contributed by atoms with E-state index in [2.05, 4.69) is 5.32 Å². The van der Waals surface area contributed by atoms with Gasteiger partial charge in [0.15, 0.2) is 6.61 Å². The third-order valence-electron chi connectivity index (χ3n) is 3.74.